The number of hydrogen-bond acceptors (Lipinski definition) is 3. The molecule has 108 valence electrons. The Balaban J connectivity index is 2.01. The molecule has 1 aliphatic carbocycles. The largest absolute Gasteiger partial charge is 0.316 e. The average molecular weight is 264 g/mol. The summed E-state index contributed by atoms with van der Waals surface area (Å²) < 4.78 is 2.05. The summed E-state index contributed by atoms with van der Waals surface area (Å²) >= 11 is 0. The van der Waals surface area contributed by atoms with Crippen molar-refractivity contribution in [3.8, 4) is 0 Å². The summed E-state index contributed by atoms with van der Waals surface area (Å²) in [5.74, 6) is 2.85. The predicted molar refractivity (Wildman–Crippen MR) is 78.1 cm³/mol. The van der Waals surface area contributed by atoms with Crippen LogP contribution in [0.15, 0.2) is 6.33 Å². The molecule has 19 heavy (non-hydrogen) atoms. The van der Waals surface area contributed by atoms with Crippen LogP contribution in [0.1, 0.15) is 58.3 Å². The number of nitrogens with zero attached hydrogens (tertiary/aromatic N) is 3. The summed E-state index contributed by atoms with van der Waals surface area (Å²) in [6.07, 6.45) is 8.14. The van der Waals surface area contributed by atoms with Gasteiger partial charge in [-0.1, -0.05) is 19.8 Å². The molecule has 1 saturated carbocycles. The third-order valence-corrected chi connectivity index (χ3v) is 4.64. The normalized spacial score (nSPS) is 25.1. The van der Waals surface area contributed by atoms with Gasteiger partial charge >= 0.3 is 0 Å². The summed E-state index contributed by atoms with van der Waals surface area (Å²) in [6, 6.07) is 0.931. The molecule has 3 atom stereocenters. The van der Waals surface area contributed by atoms with Gasteiger partial charge in [-0.2, -0.15) is 5.10 Å². The highest BCUT2D eigenvalue weighted by molar-refractivity contribution is 4.95. The molecule has 3 unspecified atom stereocenters. The highest BCUT2D eigenvalue weighted by Crippen LogP contribution is 2.35. The maximum absolute atomic E-state index is 4.45. The monoisotopic (exact) mass is 264 g/mol. The van der Waals surface area contributed by atoms with Crippen molar-refractivity contribution in [3.05, 3.63) is 12.2 Å². The first-order chi connectivity index (χ1) is 9.15. The van der Waals surface area contributed by atoms with E-state index in [1.165, 1.54) is 25.7 Å². The summed E-state index contributed by atoms with van der Waals surface area (Å²) in [6.45, 7) is 6.64. The van der Waals surface area contributed by atoms with Gasteiger partial charge in [-0.25, -0.2) is 9.67 Å². The van der Waals surface area contributed by atoms with Crippen molar-refractivity contribution in [2.45, 2.75) is 65.0 Å². The van der Waals surface area contributed by atoms with Crippen LogP contribution in [-0.4, -0.2) is 27.9 Å². The van der Waals surface area contributed by atoms with E-state index in [1.54, 1.807) is 6.33 Å². The van der Waals surface area contributed by atoms with E-state index in [0.29, 0.717) is 12.1 Å². The van der Waals surface area contributed by atoms with Gasteiger partial charge in [0.1, 0.15) is 12.2 Å². The molecule has 1 aromatic rings. The molecule has 1 N–H and O–H groups in total. The van der Waals surface area contributed by atoms with Gasteiger partial charge in [-0.05, 0) is 45.6 Å². The number of rotatable bonds is 6. The first-order valence-corrected chi connectivity index (χ1v) is 7.71. The van der Waals surface area contributed by atoms with Gasteiger partial charge in [-0.15, -0.1) is 0 Å². The SMILES string of the molecule is CCC1CCC(C(Cc2ncnn2C(C)C)NC)C1. The molecule has 2 rings (SSSR count). The van der Waals surface area contributed by atoms with Crippen LogP contribution in [0.25, 0.3) is 0 Å². The molecule has 4 nitrogen and oxygen atoms in total. The molecule has 1 aromatic heterocycles. The molecular formula is C15H28N4. The fraction of sp³-hybridized carbons (Fsp3) is 0.867. The Morgan fingerprint density at radius 2 is 2.21 bits per heavy atom. The molecule has 4 heteroatoms. The van der Waals surface area contributed by atoms with E-state index in [4.69, 9.17) is 0 Å². The lowest BCUT2D eigenvalue weighted by Crippen LogP contribution is -2.35. The van der Waals surface area contributed by atoms with E-state index in [-0.39, 0.29) is 0 Å². The third kappa shape index (κ3) is 3.35. The van der Waals surface area contributed by atoms with Gasteiger partial charge in [-0.3, -0.25) is 0 Å². The van der Waals surface area contributed by atoms with E-state index in [2.05, 4.69) is 47.9 Å². The predicted octanol–water partition coefficient (Wildman–Crippen LogP) is 2.82. The Hall–Kier alpha value is -0.900. The average Bonchev–Trinajstić information content (AvgIpc) is 3.04. The number of nitrogens with one attached hydrogen (secondary N) is 1. The van der Waals surface area contributed by atoms with Crippen LogP contribution in [0.4, 0.5) is 0 Å². The maximum Gasteiger partial charge on any atom is 0.138 e. The molecule has 0 aromatic carbocycles. The summed E-state index contributed by atoms with van der Waals surface area (Å²) in [5.41, 5.74) is 0. The molecule has 0 radical (unpaired) electrons. The Morgan fingerprint density at radius 1 is 1.42 bits per heavy atom. The second-order valence-electron chi connectivity index (χ2n) is 6.16. The quantitative estimate of drug-likeness (QED) is 0.859. The lowest BCUT2D eigenvalue weighted by atomic mass is 9.93. The highest BCUT2D eigenvalue weighted by Gasteiger charge is 2.30. The molecular weight excluding hydrogens is 236 g/mol. The second kappa shape index (κ2) is 6.51. The fourth-order valence-electron chi connectivity index (χ4n) is 3.40. The van der Waals surface area contributed by atoms with Crippen molar-refractivity contribution in [3.63, 3.8) is 0 Å². The zero-order chi connectivity index (χ0) is 13.8. The van der Waals surface area contributed by atoms with E-state index in [1.807, 2.05) is 0 Å². The Kier molecular flexibility index (Phi) is 4.97. The van der Waals surface area contributed by atoms with Crippen LogP contribution in [0, 0.1) is 11.8 Å². The Morgan fingerprint density at radius 3 is 2.79 bits per heavy atom. The van der Waals surface area contributed by atoms with Crippen LogP contribution in [0.3, 0.4) is 0 Å². The van der Waals surface area contributed by atoms with Crippen molar-refractivity contribution in [2.75, 3.05) is 7.05 Å². The van der Waals surface area contributed by atoms with Gasteiger partial charge in [0, 0.05) is 18.5 Å². The zero-order valence-corrected chi connectivity index (χ0v) is 12.8. The van der Waals surface area contributed by atoms with E-state index in [0.717, 1.165) is 24.1 Å². The zero-order valence-electron chi connectivity index (χ0n) is 12.8. The van der Waals surface area contributed by atoms with Crippen LogP contribution in [0.5, 0.6) is 0 Å². The van der Waals surface area contributed by atoms with Gasteiger partial charge < -0.3 is 5.32 Å². The van der Waals surface area contributed by atoms with Crippen molar-refractivity contribution in [1.29, 1.82) is 0 Å². The van der Waals surface area contributed by atoms with Crippen molar-refractivity contribution < 1.29 is 0 Å². The first-order valence-electron chi connectivity index (χ1n) is 7.71. The molecule has 1 fully saturated rings. The van der Waals surface area contributed by atoms with Gasteiger partial charge in [0.2, 0.25) is 0 Å². The van der Waals surface area contributed by atoms with Gasteiger partial charge in [0.05, 0.1) is 0 Å². The second-order valence-corrected chi connectivity index (χ2v) is 6.16. The minimum absolute atomic E-state index is 0.391. The summed E-state index contributed by atoms with van der Waals surface area (Å²) in [5, 5.41) is 7.85. The molecule has 0 amide bonds. The van der Waals surface area contributed by atoms with Crippen LogP contribution in [-0.2, 0) is 6.42 Å². The van der Waals surface area contributed by atoms with Gasteiger partial charge in [0.25, 0.3) is 0 Å². The van der Waals surface area contributed by atoms with Crippen LogP contribution in [0.2, 0.25) is 0 Å². The molecule has 0 spiro atoms. The van der Waals surface area contributed by atoms with Gasteiger partial charge in [0.15, 0.2) is 0 Å². The highest BCUT2D eigenvalue weighted by atomic mass is 15.3. The molecule has 1 aliphatic rings. The van der Waals surface area contributed by atoms with E-state index in [9.17, 15) is 0 Å². The molecule has 0 bridgehead atoms. The number of hydrogen-bond donors (Lipinski definition) is 1. The number of aromatic nitrogens is 3. The molecule has 1 heterocycles. The van der Waals surface area contributed by atoms with Crippen molar-refractivity contribution in [2.24, 2.45) is 11.8 Å². The fourth-order valence-corrected chi connectivity index (χ4v) is 3.40. The smallest absolute Gasteiger partial charge is 0.138 e. The standard InChI is InChI=1S/C15H28N4/c1-5-12-6-7-13(8-12)14(16-4)9-15-17-10-18-19(15)11(2)3/h10-14,16H,5-9H2,1-4H3. The lowest BCUT2D eigenvalue weighted by molar-refractivity contribution is 0.348. The Bertz CT molecular complexity index is 385. The number of likely N-dealkylation sites (N-methyl/N-ethyl adjacent to an activating group) is 1. The summed E-state index contributed by atoms with van der Waals surface area (Å²) in [7, 11) is 2.08. The van der Waals surface area contributed by atoms with Crippen molar-refractivity contribution in [1.82, 2.24) is 20.1 Å². The van der Waals surface area contributed by atoms with Crippen LogP contribution >= 0.6 is 0 Å². The minimum Gasteiger partial charge on any atom is -0.316 e. The summed E-state index contributed by atoms with van der Waals surface area (Å²) in [4.78, 5) is 4.45. The van der Waals surface area contributed by atoms with Crippen molar-refractivity contribution >= 4 is 0 Å². The van der Waals surface area contributed by atoms with Crippen LogP contribution < -0.4 is 5.32 Å². The lowest BCUT2D eigenvalue weighted by Gasteiger charge is -2.23. The Labute approximate surface area is 117 Å². The maximum atomic E-state index is 4.45. The third-order valence-electron chi connectivity index (χ3n) is 4.64. The van der Waals surface area contributed by atoms with E-state index < -0.39 is 0 Å². The first kappa shape index (κ1) is 14.5. The molecule has 0 aliphatic heterocycles. The van der Waals surface area contributed by atoms with E-state index >= 15 is 0 Å². The minimum atomic E-state index is 0.391. The molecule has 0 saturated heterocycles. The topological polar surface area (TPSA) is 42.7 Å².